The molecule has 0 saturated carbocycles. The minimum atomic E-state index is -1.01. The Labute approximate surface area is 192 Å². The summed E-state index contributed by atoms with van der Waals surface area (Å²) in [6, 6.07) is 5.97. The number of phenolic OH excluding ortho intramolecular Hbond substituents is 2. The zero-order chi connectivity index (χ0) is 24.3. The summed E-state index contributed by atoms with van der Waals surface area (Å²) in [4.78, 5) is 32.3. The Morgan fingerprint density at radius 1 is 1.24 bits per heavy atom. The molecule has 0 radical (unpaired) electrons. The zero-order valence-electron chi connectivity index (χ0n) is 19.0. The number of aromatic amines is 1. The number of H-pyrrole nitrogens is 1. The van der Waals surface area contributed by atoms with Gasteiger partial charge in [-0.05, 0) is 43.5 Å². The number of rotatable bonds is 7. The maximum absolute atomic E-state index is 13.2. The number of imidazole rings is 1. The molecule has 2 aromatic carbocycles. The first-order chi connectivity index (χ1) is 15.6. The van der Waals surface area contributed by atoms with Gasteiger partial charge in [-0.15, -0.1) is 0 Å². The van der Waals surface area contributed by atoms with Crippen molar-refractivity contribution in [3.05, 3.63) is 71.3 Å². The van der Waals surface area contributed by atoms with Gasteiger partial charge in [0.1, 0.15) is 17.5 Å². The molecule has 0 spiro atoms. The van der Waals surface area contributed by atoms with E-state index in [2.05, 4.69) is 21.9 Å². The number of methoxy groups -OCH3 is 1. The van der Waals surface area contributed by atoms with Gasteiger partial charge in [0.2, 0.25) is 0 Å². The highest BCUT2D eigenvalue weighted by molar-refractivity contribution is 6.03. The maximum Gasteiger partial charge on any atom is 0.328 e. The summed E-state index contributed by atoms with van der Waals surface area (Å²) in [6.07, 6.45) is 3.13. The second-order valence-corrected chi connectivity index (χ2v) is 7.97. The van der Waals surface area contributed by atoms with E-state index < -0.39 is 17.9 Å². The number of hydrogen-bond donors (Lipinski definition) is 4. The standard InChI is InChI=1S/C25H27N3O5/c1-13(2)17-7-6-14(3)8-18(17)22-20(29)9-15(4)21(23(22)30)24(31)28-19(25(32)33-5)10-16-11-26-12-27-16/h6-9,11-12,19,29-30H,1,10H2,2-5H3,(H,26,27)(H,28,31)/t19-/m0/s1. The van der Waals surface area contributed by atoms with E-state index in [0.717, 1.165) is 16.7 Å². The van der Waals surface area contributed by atoms with Gasteiger partial charge in [-0.1, -0.05) is 35.9 Å². The molecule has 0 unspecified atom stereocenters. The zero-order valence-corrected chi connectivity index (χ0v) is 19.0. The minimum absolute atomic E-state index is 0.0458. The fourth-order valence-electron chi connectivity index (χ4n) is 3.75. The largest absolute Gasteiger partial charge is 0.507 e. The van der Waals surface area contributed by atoms with Gasteiger partial charge in [0.15, 0.2) is 0 Å². The quantitative estimate of drug-likeness (QED) is 0.408. The number of ether oxygens (including phenoxy) is 1. The van der Waals surface area contributed by atoms with Crippen LogP contribution in [0.2, 0.25) is 0 Å². The SMILES string of the molecule is C=C(C)c1ccc(C)cc1-c1c(O)cc(C)c(C(=O)N[C@@H](Cc2cnc[nH]2)C(=O)OC)c1O. The number of esters is 1. The second kappa shape index (κ2) is 9.60. The Hall–Kier alpha value is -4.07. The molecule has 3 rings (SSSR count). The topological polar surface area (TPSA) is 125 Å². The molecule has 172 valence electrons. The Balaban J connectivity index is 2.07. The number of allylic oxidation sites excluding steroid dienone is 1. The molecular weight excluding hydrogens is 422 g/mol. The lowest BCUT2D eigenvalue weighted by atomic mass is 9.90. The average molecular weight is 450 g/mol. The fourth-order valence-corrected chi connectivity index (χ4v) is 3.75. The molecule has 33 heavy (non-hydrogen) atoms. The third-order valence-electron chi connectivity index (χ3n) is 5.38. The molecule has 0 bridgehead atoms. The van der Waals surface area contributed by atoms with Crippen LogP contribution >= 0.6 is 0 Å². The predicted octanol–water partition coefficient (Wildman–Crippen LogP) is 3.65. The van der Waals surface area contributed by atoms with E-state index in [4.69, 9.17) is 4.74 Å². The number of carbonyl (C=O) groups is 2. The number of nitrogens with zero attached hydrogens (tertiary/aromatic N) is 1. The molecule has 1 aromatic heterocycles. The van der Waals surface area contributed by atoms with Gasteiger partial charge in [-0.3, -0.25) is 4.79 Å². The number of aromatic hydroxyl groups is 2. The molecule has 0 aliphatic heterocycles. The summed E-state index contributed by atoms with van der Waals surface area (Å²) in [7, 11) is 1.23. The van der Waals surface area contributed by atoms with E-state index in [1.165, 1.54) is 19.5 Å². The van der Waals surface area contributed by atoms with Crippen LogP contribution in [0.3, 0.4) is 0 Å². The highest BCUT2D eigenvalue weighted by Crippen LogP contribution is 2.44. The molecule has 8 heteroatoms. The molecule has 1 amide bonds. The van der Waals surface area contributed by atoms with Gasteiger partial charge in [0.25, 0.3) is 5.91 Å². The van der Waals surface area contributed by atoms with E-state index in [0.29, 0.717) is 16.8 Å². The minimum Gasteiger partial charge on any atom is -0.507 e. The van der Waals surface area contributed by atoms with Crippen molar-refractivity contribution in [1.29, 1.82) is 0 Å². The fraction of sp³-hybridized carbons (Fsp3) is 0.240. The van der Waals surface area contributed by atoms with Crippen LogP contribution in [0.5, 0.6) is 11.5 Å². The lowest BCUT2D eigenvalue weighted by Gasteiger charge is -2.20. The summed E-state index contributed by atoms with van der Waals surface area (Å²) in [5.41, 5.74) is 3.98. The number of amides is 1. The summed E-state index contributed by atoms with van der Waals surface area (Å²) in [5, 5.41) is 24.5. The van der Waals surface area contributed by atoms with Gasteiger partial charge in [0, 0.05) is 18.3 Å². The number of benzene rings is 2. The van der Waals surface area contributed by atoms with E-state index in [1.54, 1.807) is 13.1 Å². The van der Waals surface area contributed by atoms with Gasteiger partial charge >= 0.3 is 5.97 Å². The molecule has 1 heterocycles. The highest BCUT2D eigenvalue weighted by atomic mass is 16.5. The first-order valence-electron chi connectivity index (χ1n) is 10.3. The van der Waals surface area contributed by atoms with Crippen molar-refractivity contribution in [2.24, 2.45) is 0 Å². The molecule has 3 aromatic rings. The molecule has 1 atom stereocenters. The average Bonchev–Trinajstić information content (AvgIpc) is 3.25. The van der Waals surface area contributed by atoms with Crippen molar-refractivity contribution in [3.63, 3.8) is 0 Å². The van der Waals surface area contributed by atoms with Crippen LogP contribution in [0.15, 0.2) is 43.4 Å². The Morgan fingerprint density at radius 3 is 2.58 bits per heavy atom. The molecule has 0 aliphatic rings. The van der Waals surface area contributed by atoms with Crippen LogP contribution in [0.4, 0.5) is 0 Å². The molecule has 0 fully saturated rings. The molecule has 0 saturated heterocycles. The summed E-state index contributed by atoms with van der Waals surface area (Å²) in [6.45, 7) is 9.28. The number of carbonyl (C=O) groups excluding carboxylic acids is 2. The van der Waals surface area contributed by atoms with Crippen LogP contribution in [-0.4, -0.2) is 45.2 Å². The first kappa shape index (κ1) is 23.6. The Kier molecular flexibility index (Phi) is 6.86. The van der Waals surface area contributed by atoms with Gasteiger partial charge in [0.05, 0.1) is 24.6 Å². The van der Waals surface area contributed by atoms with E-state index in [-0.39, 0.29) is 29.0 Å². The van der Waals surface area contributed by atoms with Crippen molar-refractivity contribution >= 4 is 17.4 Å². The van der Waals surface area contributed by atoms with Crippen molar-refractivity contribution < 1.29 is 24.5 Å². The number of phenols is 2. The number of hydrogen-bond acceptors (Lipinski definition) is 6. The smallest absolute Gasteiger partial charge is 0.328 e. The third-order valence-corrected chi connectivity index (χ3v) is 5.38. The van der Waals surface area contributed by atoms with Crippen molar-refractivity contribution in [3.8, 4) is 22.6 Å². The van der Waals surface area contributed by atoms with Crippen LogP contribution in [-0.2, 0) is 16.0 Å². The van der Waals surface area contributed by atoms with Crippen LogP contribution in [0.1, 0.15) is 39.7 Å². The van der Waals surface area contributed by atoms with Crippen LogP contribution < -0.4 is 5.32 Å². The van der Waals surface area contributed by atoms with Gasteiger partial charge < -0.3 is 25.3 Å². The van der Waals surface area contributed by atoms with Crippen molar-refractivity contribution in [1.82, 2.24) is 15.3 Å². The summed E-state index contributed by atoms with van der Waals surface area (Å²) < 4.78 is 4.83. The second-order valence-electron chi connectivity index (χ2n) is 7.97. The maximum atomic E-state index is 13.2. The van der Waals surface area contributed by atoms with Crippen LogP contribution in [0.25, 0.3) is 16.7 Å². The van der Waals surface area contributed by atoms with E-state index in [9.17, 15) is 19.8 Å². The molecule has 0 aliphatic carbocycles. The lowest BCUT2D eigenvalue weighted by molar-refractivity contribution is -0.142. The van der Waals surface area contributed by atoms with Crippen molar-refractivity contribution in [2.45, 2.75) is 33.2 Å². The van der Waals surface area contributed by atoms with E-state index >= 15 is 0 Å². The third kappa shape index (κ3) is 4.90. The van der Waals surface area contributed by atoms with Gasteiger partial charge in [-0.2, -0.15) is 0 Å². The summed E-state index contributed by atoms with van der Waals surface area (Å²) >= 11 is 0. The van der Waals surface area contributed by atoms with E-state index in [1.807, 2.05) is 32.0 Å². The monoisotopic (exact) mass is 449 g/mol. The summed E-state index contributed by atoms with van der Waals surface area (Å²) in [5.74, 6) is -1.87. The molecular formula is C25H27N3O5. The number of aromatic nitrogens is 2. The lowest BCUT2D eigenvalue weighted by Crippen LogP contribution is -2.43. The number of aryl methyl sites for hydroxylation is 2. The number of nitrogens with one attached hydrogen (secondary N) is 2. The Bertz CT molecular complexity index is 1220. The highest BCUT2D eigenvalue weighted by Gasteiger charge is 2.28. The molecule has 4 N–H and O–H groups in total. The normalized spacial score (nSPS) is 11.6. The molecule has 8 nitrogen and oxygen atoms in total. The Morgan fingerprint density at radius 2 is 1.97 bits per heavy atom. The van der Waals surface area contributed by atoms with Gasteiger partial charge in [-0.25, -0.2) is 9.78 Å². The first-order valence-corrected chi connectivity index (χ1v) is 10.3. The predicted molar refractivity (Wildman–Crippen MR) is 125 cm³/mol. The van der Waals surface area contributed by atoms with Crippen LogP contribution in [0, 0.1) is 13.8 Å². The van der Waals surface area contributed by atoms with Crippen molar-refractivity contribution in [2.75, 3.05) is 7.11 Å².